The Morgan fingerprint density at radius 3 is 2.67 bits per heavy atom. The molecule has 2 aliphatic heterocycles. The molecule has 6 nitrogen and oxygen atoms in total. The summed E-state index contributed by atoms with van der Waals surface area (Å²) in [5, 5.41) is 2.55. The molecule has 0 radical (unpaired) electrons. The molecule has 2 amide bonds. The van der Waals surface area contributed by atoms with E-state index in [2.05, 4.69) is 5.32 Å². The van der Waals surface area contributed by atoms with E-state index in [0.29, 0.717) is 31.8 Å². The number of amides is 2. The fourth-order valence-electron chi connectivity index (χ4n) is 3.23. The summed E-state index contributed by atoms with van der Waals surface area (Å²) in [6.07, 6.45) is 0. The first-order chi connectivity index (χ1) is 11.3. The van der Waals surface area contributed by atoms with Crippen LogP contribution in [0, 0.1) is 5.82 Å². The Bertz CT molecular complexity index is 679. The largest absolute Gasteiger partial charge is 0.368 e. The van der Waals surface area contributed by atoms with Crippen LogP contribution in [0.2, 0.25) is 5.02 Å². The molecule has 1 spiro atoms. The summed E-state index contributed by atoms with van der Waals surface area (Å²) in [4.78, 5) is 27.8. The van der Waals surface area contributed by atoms with Crippen molar-refractivity contribution < 1.29 is 18.7 Å². The molecule has 2 fully saturated rings. The zero-order chi connectivity index (χ0) is 17.5. The van der Waals surface area contributed by atoms with Gasteiger partial charge in [0.2, 0.25) is 5.91 Å². The quantitative estimate of drug-likeness (QED) is 0.850. The Morgan fingerprint density at radius 2 is 2.08 bits per heavy atom. The number of morpholine rings is 1. The zero-order valence-corrected chi connectivity index (χ0v) is 14.3. The van der Waals surface area contributed by atoms with Crippen LogP contribution in [-0.4, -0.2) is 73.6 Å². The summed E-state index contributed by atoms with van der Waals surface area (Å²) in [5.74, 6) is -0.839. The summed E-state index contributed by atoms with van der Waals surface area (Å²) >= 11 is 5.73. The highest BCUT2D eigenvalue weighted by Crippen LogP contribution is 2.32. The number of hydrogen-bond acceptors (Lipinski definition) is 4. The SMILES string of the molecule is CNC(=O)[C@H]1COC2(CN(C(=O)c3ccc(F)c(Cl)c3)C2)CN1C. The van der Waals surface area contributed by atoms with Gasteiger partial charge in [-0.1, -0.05) is 11.6 Å². The minimum absolute atomic E-state index is 0.0712. The number of nitrogens with one attached hydrogen (secondary N) is 1. The molecule has 1 aromatic rings. The van der Waals surface area contributed by atoms with Crippen LogP contribution < -0.4 is 5.32 Å². The molecule has 8 heteroatoms. The highest BCUT2D eigenvalue weighted by atomic mass is 35.5. The predicted molar refractivity (Wildman–Crippen MR) is 86.5 cm³/mol. The molecule has 1 aromatic carbocycles. The Kier molecular flexibility index (Phi) is 4.50. The number of carbonyl (C=O) groups is 2. The van der Waals surface area contributed by atoms with Crippen LogP contribution in [0.15, 0.2) is 18.2 Å². The first-order valence-electron chi connectivity index (χ1n) is 7.65. The number of carbonyl (C=O) groups excluding carboxylic acids is 2. The van der Waals surface area contributed by atoms with Crippen molar-refractivity contribution in [2.24, 2.45) is 0 Å². The molecule has 0 aromatic heterocycles. The van der Waals surface area contributed by atoms with Crippen molar-refractivity contribution in [2.75, 3.05) is 40.3 Å². The number of likely N-dealkylation sites (N-methyl/N-ethyl adjacent to an activating group) is 2. The van der Waals surface area contributed by atoms with Gasteiger partial charge in [-0.05, 0) is 25.2 Å². The van der Waals surface area contributed by atoms with E-state index in [1.165, 1.54) is 18.2 Å². The summed E-state index contributed by atoms with van der Waals surface area (Å²) in [5.41, 5.74) is -0.0951. The normalized spacial score (nSPS) is 23.0. The lowest BCUT2D eigenvalue weighted by Gasteiger charge is -2.54. The summed E-state index contributed by atoms with van der Waals surface area (Å²) in [7, 11) is 3.46. The number of ether oxygens (including phenoxy) is 1. The average Bonchev–Trinajstić information content (AvgIpc) is 2.53. The van der Waals surface area contributed by atoms with E-state index >= 15 is 0 Å². The van der Waals surface area contributed by atoms with Gasteiger partial charge >= 0.3 is 0 Å². The van der Waals surface area contributed by atoms with Gasteiger partial charge in [0, 0.05) is 19.2 Å². The first-order valence-corrected chi connectivity index (χ1v) is 8.03. The van der Waals surface area contributed by atoms with Gasteiger partial charge in [0.25, 0.3) is 5.91 Å². The molecule has 2 aliphatic rings. The van der Waals surface area contributed by atoms with Crippen LogP contribution in [0.1, 0.15) is 10.4 Å². The van der Waals surface area contributed by atoms with E-state index in [-0.39, 0.29) is 22.9 Å². The Hall–Kier alpha value is -1.70. The van der Waals surface area contributed by atoms with E-state index < -0.39 is 11.4 Å². The third-order valence-corrected chi connectivity index (χ3v) is 4.87. The molecule has 0 bridgehead atoms. The number of benzene rings is 1. The maximum Gasteiger partial charge on any atom is 0.254 e. The van der Waals surface area contributed by atoms with Crippen molar-refractivity contribution >= 4 is 23.4 Å². The minimum atomic E-state index is -0.550. The Balaban J connectivity index is 1.62. The second kappa shape index (κ2) is 6.31. The second-order valence-electron chi connectivity index (χ2n) is 6.33. The monoisotopic (exact) mass is 355 g/mol. The fraction of sp³-hybridized carbons (Fsp3) is 0.500. The average molecular weight is 356 g/mol. The topological polar surface area (TPSA) is 61.9 Å². The molecule has 1 N–H and O–H groups in total. The van der Waals surface area contributed by atoms with Crippen LogP contribution in [0.5, 0.6) is 0 Å². The van der Waals surface area contributed by atoms with Gasteiger partial charge in [-0.25, -0.2) is 4.39 Å². The number of rotatable bonds is 2. The van der Waals surface area contributed by atoms with Crippen molar-refractivity contribution in [1.82, 2.24) is 15.1 Å². The molecule has 2 saturated heterocycles. The molecule has 3 rings (SSSR count). The van der Waals surface area contributed by atoms with E-state index in [1.54, 1.807) is 11.9 Å². The minimum Gasteiger partial charge on any atom is -0.368 e. The van der Waals surface area contributed by atoms with Crippen LogP contribution >= 0.6 is 11.6 Å². The molecular weight excluding hydrogens is 337 g/mol. The van der Waals surface area contributed by atoms with Gasteiger partial charge < -0.3 is 15.0 Å². The smallest absolute Gasteiger partial charge is 0.254 e. The highest BCUT2D eigenvalue weighted by molar-refractivity contribution is 6.31. The van der Waals surface area contributed by atoms with Gasteiger partial charge in [-0.15, -0.1) is 0 Å². The zero-order valence-electron chi connectivity index (χ0n) is 13.5. The maximum atomic E-state index is 13.2. The summed E-state index contributed by atoms with van der Waals surface area (Å²) in [6, 6.07) is 3.62. The number of nitrogens with zero attached hydrogens (tertiary/aromatic N) is 2. The molecule has 0 saturated carbocycles. The van der Waals surface area contributed by atoms with Crippen molar-refractivity contribution in [3.63, 3.8) is 0 Å². The lowest BCUT2D eigenvalue weighted by atomic mass is 9.90. The second-order valence-corrected chi connectivity index (χ2v) is 6.74. The van der Waals surface area contributed by atoms with Gasteiger partial charge in [-0.2, -0.15) is 0 Å². The number of likely N-dealkylation sites (tertiary alicyclic amines) is 1. The fourth-order valence-corrected chi connectivity index (χ4v) is 3.41. The van der Waals surface area contributed by atoms with E-state index in [1.807, 2.05) is 11.9 Å². The number of halogens is 2. The van der Waals surface area contributed by atoms with Crippen molar-refractivity contribution in [1.29, 1.82) is 0 Å². The van der Waals surface area contributed by atoms with Gasteiger partial charge in [0.1, 0.15) is 17.5 Å². The van der Waals surface area contributed by atoms with Crippen LogP contribution in [0.3, 0.4) is 0 Å². The lowest BCUT2D eigenvalue weighted by Crippen LogP contribution is -2.73. The molecule has 2 heterocycles. The van der Waals surface area contributed by atoms with Gasteiger partial charge in [0.15, 0.2) is 0 Å². The van der Waals surface area contributed by atoms with Crippen molar-refractivity contribution in [2.45, 2.75) is 11.6 Å². The molecule has 1 atom stereocenters. The van der Waals surface area contributed by atoms with Crippen LogP contribution in [0.25, 0.3) is 0 Å². The van der Waals surface area contributed by atoms with Crippen LogP contribution in [0.4, 0.5) is 4.39 Å². The summed E-state index contributed by atoms with van der Waals surface area (Å²) in [6.45, 7) is 1.73. The number of hydrogen-bond donors (Lipinski definition) is 1. The van der Waals surface area contributed by atoms with E-state index in [4.69, 9.17) is 16.3 Å². The highest BCUT2D eigenvalue weighted by Gasteiger charge is 2.51. The third kappa shape index (κ3) is 2.99. The van der Waals surface area contributed by atoms with Crippen molar-refractivity contribution in [3.05, 3.63) is 34.6 Å². The van der Waals surface area contributed by atoms with E-state index in [9.17, 15) is 14.0 Å². The molecule has 0 unspecified atom stereocenters. The molecule has 130 valence electrons. The van der Waals surface area contributed by atoms with Crippen molar-refractivity contribution in [3.8, 4) is 0 Å². The third-order valence-electron chi connectivity index (χ3n) is 4.58. The maximum absolute atomic E-state index is 13.2. The Morgan fingerprint density at radius 1 is 1.38 bits per heavy atom. The van der Waals surface area contributed by atoms with E-state index in [0.717, 1.165) is 0 Å². The predicted octanol–water partition coefficient (Wildman–Crippen LogP) is 0.750. The standard InChI is InChI=1S/C16H19ClFN3O3/c1-19-14(22)13-6-24-16(7-20(13)2)8-21(9-16)15(23)10-3-4-12(18)11(17)5-10/h3-5,13H,6-9H2,1-2H3,(H,19,22)/t13-/m1/s1. The first kappa shape index (κ1) is 17.1. The van der Waals surface area contributed by atoms with Crippen LogP contribution in [-0.2, 0) is 9.53 Å². The van der Waals surface area contributed by atoms with Gasteiger partial charge in [-0.3, -0.25) is 14.5 Å². The Labute approximate surface area is 144 Å². The summed E-state index contributed by atoms with van der Waals surface area (Å²) < 4.78 is 19.1. The molecule has 24 heavy (non-hydrogen) atoms. The molecule has 0 aliphatic carbocycles. The molecular formula is C16H19ClFN3O3. The lowest BCUT2D eigenvalue weighted by molar-refractivity contribution is -0.187. The van der Waals surface area contributed by atoms with Gasteiger partial charge in [0.05, 0.1) is 24.7 Å².